The molecule has 1 aromatic carbocycles. The number of piperidine rings is 1. The number of hydrogen-bond acceptors (Lipinski definition) is 7. The van der Waals surface area contributed by atoms with Crippen molar-refractivity contribution >= 4 is 55.9 Å². The molecule has 2 aromatic heterocycles. The Morgan fingerprint density at radius 3 is 2.59 bits per heavy atom. The molecular weight excluding hydrogens is 534 g/mol. The Labute approximate surface area is 225 Å². The number of nitrogens with zero attached hydrogens (tertiary/aromatic N) is 3. The van der Waals surface area contributed by atoms with Crippen LogP contribution in [0.3, 0.4) is 0 Å². The van der Waals surface area contributed by atoms with Crippen LogP contribution in [0.5, 0.6) is 0 Å². The molecule has 8 nitrogen and oxygen atoms in total. The average molecular weight is 567 g/mol. The van der Waals surface area contributed by atoms with Crippen molar-refractivity contribution in [3.8, 4) is 0 Å². The number of aromatic nitrogens is 2. The quantitative estimate of drug-likeness (QED) is 0.342. The molecule has 194 valence electrons. The minimum Gasteiger partial charge on any atom is -0.444 e. The first kappa shape index (κ1) is 25.4. The van der Waals surface area contributed by atoms with E-state index in [0.29, 0.717) is 12.1 Å². The van der Waals surface area contributed by atoms with Crippen molar-refractivity contribution in [2.24, 2.45) is 5.92 Å². The van der Waals surface area contributed by atoms with Crippen molar-refractivity contribution in [3.05, 3.63) is 52.8 Å². The number of alkyl carbamates (subject to hydrolysis) is 1. The van der Waals surface area contributed by atoms with Gasteiger partial charge in [-0.05, 0) is 76.8 Å². The molecule has 9 heteroatoms. The molecule has 5 rings (SSSR count). The number of halogens is 1. The van der Waals surface area contributed by atoms with Crippen molar-refractivity contribution in [3.63, 3.8) is 0 Å². The standard InChI is InChI=1S/C28H32BrN5O3/c1-28(2,3)37-27(36)33-20-5-4-12-34(16-20)24-11-9-19(14-31-24)32-25-21-13-18(29)8-10-23(21)30-15-22(25)26(35)17-6-7-17/h8-11,13-15,17,20H,4-7,12,16H2,1-3H3,(H,30,32)(H,33,36). The first-order valence-corrected chi connectivity index (χ1v) is 13.6. The third kappa shape index (κ3) is 6.21. The van der Waals surface area contributed by atoms with Gasteiger partial charge in [-0.3, -0.25) is 9.78 Å². The molecule has 1 atom stereocenters. The van der Waals surface area contributed by atoms with E-state index in [0.717, 1.165) is 64.8 Å². The molecule has 0 bridgehead atoms. The average Bonchev–Trinajstić information content (AvgIpc) is 3.69. The summed E-state index contributed by atoms with van der Waals surface area (Å²) in [6.07, 6.45) is 6.81. The van der Waals surface area contributed by atoms with Gasteiger partial charge < -0.3 is 20.3 Å². The molecule has 0 spiro atoms. The van der Waals surface area contributed by atoms with Gasteiger partial charge in [0.2, 0.25) is 0 Å². The SMILES string of the molecule is CC(C)(C)OC(=O)NC1CCCN(c2ccc(Nc3c(C(=O)C4CC4)cnc4ccc(Br)cc34)cn2)C1. The van der Waals surface area contributed by atoms with Gasteiger partial charge in [-0.1, -0.05) is 15.9 Å². The van der Waals surface area contributed by atoms with Gasteiger partial charge in [-0.15, -0.1) is 0 Å². The lowest BCUT2D eigenvalue weighted by atomic mass is 10.0. The van der Waals surface area contributed by atoms with Crippen LogP contribution in [0, 0.1) is 5.92 Å². The third-order valence-corrected chi connectivity index (χ3v) is 7.02. The summed E-state index contributed by atoms with van der Waals surface area (Å²) in [5, 5.41) is 7.33. The molecule has 1 aliphatic carbocycles. The van der Waals surface area contributed by atoms with Crippen LogP contribution in [0.4, 0.5) is 22.0 Å². The molecule has 1 unspecified atom stereocenters. The highest BCUT2D eigenvalue weighted by atomic mass is 79.9. The van der Waals surface area contributed by atoms with Crippen LogP contribution in [-0.4, -0.2) is 46.6 Å². The number of rotatable bonds is 6. The molecule has 2 aliphatic rings. The van der Waals surface area contributed by atoms with E-state index in [9.17, 15) is 9.59 Å². The van der Waals surface area contributed by atoms with Crippen molar-refractivity contribution in [2.45, 2.75) is 58.1 Å². The zero-order chi connectivity index (χ0) is 26.2. The fourth-order valence-electron chi connectivity index (χ4n) is 4.62. The lowest BCUT2D eigenvalue weighted by molar-refractivity contribution is 0.0499. The van der Waals surface area contributed by atoms with Crippen LogP contribution in [0.15, 0.2) is 47.2 Å². The van der Waals surface area contributed by atoms with Crippen molar-refractivity contribution in [1.82, 2.24) is 15.3 Å². The molecule has 0 radical (unpaired) electrons. The predicted molar refractivity (Wildman–Crippen MR) is 149 cm³/mol. The van der Waals surface area contributed by atoms with Crippen LogP contribution >= 0.6 is 15.9 Å². The predicted octanol–water partition coefficient (Wildman–Crippen LogP) is 6.22. The highest BCUT2D eigenvalue weighted by molar-refractivity contribution is 9.10. The Kier molecular flexibility index (Phi) is 7.07. The molecule has 1 saturated carbocycles. The number of Topliss-reactive ketones (excluding diaryl/α,β-unsaturated/α-hetero) is 1. The summed E-state index contributed by atoms with van der Waals surface area (Å²) in [7, 11) is 0. The first-order chi connectivity index (χ1) is 17.7. The molecule has 37 heavy (non-hydrogen) atoms. The summed E-state index contributed by atoms with van der Waals surface area (Å²) in [5.41, 5.74) is 2.46. The molecule has 3 heterocycles. The number of pyridine rings is 2. The Morgan fingerprint density at radius 2 is 1.89 bits per heavy atom. The van der Waals surface area contributed by atoms with Crippen molar-refractivity contribution < 1.29 is 14.3 Å². The lowest BCUT2D eigenvalue weighted by Crippen LogP contribution is -2.49. The van der Waals surface area contributed by atoms with Crippen LogP contribution in [0.1, 0.15) is 56.8 Å². The minimum absolute atomic E-state index is 0.000765. The van der Waals surface area contributed by atoms with E-state index in [4.69, 9.17) is 9.72 Å². The molecule has 1 amide bonds. The topological polar surface area (TPSA) is 96.5 Å². The van der Waals surface area contributed by atoms with Gasteiger partial charge in [0, 0.05) is 41.1 Å². The number of ether oxygens (including phenoxy) is 1. The van der Waals surface area contributed by atoms with E-state index in [1.165, 1.54) is 0 Å². The van der Waals surface area contributed by atoms with Crippen molar-refractivity contribution in [1.29, 1.82) is 0 Å². The largest absolute Gasteiger partial charge is 0.444 e. The summed E-state index contributed by atoms with van der Waals surface area (Å²) < 4.78 is 6.34. The molecule has 1 aliphatic heterocycles. The Bertz CT molecular complexity index is 1320. The van der Waals surface area contributed by atoms with Gasteiger partial charge in [0.15, 0.2) is 5.78 Å². The Morgan fingerprint density at radius 1 is 1.08 bits per heavy atom. The third-order valence-electron chi connectivity index (χ3n) is 6.53. The normalized spacial score (nSPS) is 17.9. The van der Waals surface area contributed by atoms with E-state index >= 15 is 0 Å². The van der Waals surface area contributed by atoms with Crippen LogP contribution in [0.25, 0.3) is 10.9 Å². The lowest BCUT2D eigenvalue weighted by Gasteiger charge is -2.34. The fourth-order valence-corrected chi connectivity index (χ4v) is 4.98. The second kappa shape index (κ2) is 10.3. The monoisotopic (exact) mass is 565 g/mol. The van der Waals surface area contributed by atoms with E-state index in [-0.39, 0.29) is 23.8 Å². The number of carbonyl (C=O) groups is 2. The molecule has 3 aromatic rings. The van der Waals surface area contributed by atoms with E-state index in [1.807, 2.05) is 51.1 Å². The molecule has 1 saturated heterocycles. The summed E-state index contributed by atoms with van der Waals surface area (Å²) in [6, 6.07) is 9.82. The first-order valence-electron chi connectivity index (χ1n) is 12.8. The highest BCUT2D eigenvalue weighted by Crippen LogP contribution is 2.38. The maximum Gasteiger partial charge on any atom is 0.407 e. The zero-order valence-electron chi connectivity index (χ0n) is 21.4. The van der Waals surface area contributed by atoms with Gasteiger partial charge >= 0.3 is 6.09 Å². The second-order valence-corrected chi connectivity index (χ2v) is 11.7. The number of anilines is 3. The highest BCUT2D eigenvalue weighted by Gasteiger charge is 2.32. The Hall–Kier alpha value is -3.20. The van der Waals surface area contributed by atoms with Crippen LogP contribution < -0.4 is 15.5 Å². The minimum atomic E-state index is -0.526. The van der Waals surface area contributed by atoms with Gasteiger partial charge in [0.25, 0.3) is 0 Å². The second-order valence-electron chi connectivity index (χ2n) is 10.8. The number of hydrogen-bond donors (Lipinski definition) is 2. The van der Waals surface area contributed by atoms with Crippen LogP contribution in [-0.2, 0) is 4.74 Å². The van der Waals surface area contributed by atoms with Crippen LogP contribution in [0.2, 0.25) is 0 Å². The van der Waals surface area contributed by atoms with Gasteiger partial charge in [-0.25, -0.2) is 9.78 Å². The van der Waals surface area contributed by atoms with Gasteiger partial charge in [-0.2, -0.15) is 0 Å². The summed E-state index contributed by atoms with van der Waals surface area (Å²) >= 11 is 3.55. The number of fused-ring (bicyclic) bond motifs is 1. The summed E-state index contributed by atoms with van der Waals surface area (Å²) in [6.45, 7) is 7.12. The smallest absolute Gasteiger partial charge is 0.407 e. The van der Waals surface area contributed by atoms with Gasteiger partial charge in [0.05, 0.1) is 28.7 Å². The maximum atomic E-state index is 13.0. The number of benzene rings is 1. The van der Waals surface area contributed by atoms with E-state index in [1.54, 1.807) is 12.4 Å². The summed E-state index contributed by atoms with van der Waals surface area (Å²) in [5.74, 6) is 1.07. The molecule has 2 N–H and O–H groups in total. The number of carbonyl (C=O) groups excluding carboxylic acids is 2. The maximum absolute atomic E-state index is 13.0. The number of ketones is 1. The van der Waals surface area contributed by atoms with E-state index in [2.05, 4.69) is 36.4 Å². The molecule has 2 fully saturated rings. The van der Waals surface area contributed by atoms with E-state index < -0.39 is 5.60 Å². The number of amides is 1. The Balaban J connectivity index is 1.33. The fraction of sp³-hybridized carbons (Fsp3) is 0.429. The van der Waals surface area contributed by atoms with Gasteiger partial charge in [0.1, 0.15) is 11.4 Å². The van der Waals surface area contributed by atoms with Crippen molar-refractivity contribution in [2.75, 3.05) is 23.3 Å². The zero-order valence-corrected chi connectivity index (χ0v) is 23.0. The summed E-state index contributed by atoms with van der Waals surface area (Å²) in [4.78, 5) is 36.7. The molecular formula is C28H32BrN5O3. The number of nitrogens with one attached hydrogen (secondary N) is 2.